The van der Waals surface area contributed by atoms with Crippen LogP contribution in [0, 0.1) is 0 Å². The highest BCUT2D eigenvalue weighted by molar-refractivity contribution is 5.98. The molecule has 1 aromatic carbocycles. The van der Waals surface area contributed by atoms with E-state index in [1.165, 1.54) is 0 Å². The SMILES string of the molecule is CC(C)(C)OC(=O)CCC(=O)Nc1cccc(C(=O)CCCC2CNCCO2)c1. The van der Waals surface area contributed by atoms with Crippen molar-refractivity contribution in [3.05, 3.63) is 29.8 Å². The van der Waals surface area contributed by atoms with Crippen molar-refractivity contribution in [2.24, 2.45) is 0 Å². The second-order valence-corrected chi connectivity index (χ2v) is 8.23. The highest BCUT2D eigenvalue weighted by atomic mass is 16.6. The molecule has 160 valence electrons. The Morgan fingerprint density at radius 1 is 1.21 bits per heavy atom. The van der Waals surface area contributed by atoms with E-state index in [1.54, 1.807) is 45.0 Å². The maximum Gasteiger partial charge on any atom is 0.306 e. The van der Waals surface area contributed by atoms with Crippen molar-refractivity contribution in [3.8, 4) is 0 Å². The van der Waals surface area contributed by atoms with Crippen LogP contribution in [0.2, 0.25) is 0 Å². The monoisotopic (exact) mass is 404 g/mol. The minimum absolute atomic E-state index is 0.0137. The zero-order valence-corrected chi connectivity index (χ0v) is 17.6. The number of ether oxygens (including phenoxy) is 2. The number of rotatable bonds is 9. The van der Waals surface area contributed by atoms with Gasteiger partial charge in [0.1, 0.15) is 5.60 Å². The molecule has 0 aliphatic carbocycles. The summed E-state index contributed by atoms with van der Waals surface area (Å²) in [5.74, 6) is -0.658. The zero-order chi connectivity index (χ0) is 21.3. The van der Waals surface area contributed by atoms with Gasteiger partial charge in [-0.15, -0.1) is 0 Å². The predicted molar refractivity (Wildman–Crippen MR) is 111 cm³/mol. The minimum Gasteiger partial charge on any atom is -0.460 e. The molecule has 1 aliphatic heterocycles. The molecule has 1 aromatic rings. The summed E-state index contributed by atoms with van der Waals surface area (Å²) < 4.78 is 10.8. The van der Waals surface area contributed by atoms with Crippen molar-refractivity contribution in [1.82, 2.24) is 5.32 Å². The normalized spacial score (nSPS) is 16.9. The van der Waals surface area contributed by atoms with Gasteiger partial charge < -0.3 is 20.1 Å². The van der Waals surface area contributed by atoms with E-state index in [1.807, 2.05) is 0 Å². The van der Waals surface area contributed by atoms with Crippen molar-refractivity contribution in [2.45, 2.75) is 64.6 Å². The number of Topliss-reactive ketones (excluding diaryl/α,β-unsaturated/α-hetero) is 1. The average Bonchev–Trinajstić information content (AvgIpc) is 2.66. The largest absolute Gasteiger partial charge is 0.460 e. The number of benzene rings is 1. The van der Waals surface area contributed by atoms with E-state index in [0.717, 1.165) is 25.9 Å². The lowest BCUT2D eigenvalue weighted by Gasteiger charge is -2.23. The molecule has 0 spiro atoms. The van der Waals surface area contributed by atoms with Crippen LogP contribution in [0.25, 0.3) is 0 Å². The molecule has 0 radical (unpaired) electrons. The molecule has 1 unspecified atom stereocenters. The van der Waals surface area contributed by atoms with Gasteiger partial charge in [0.05, 0.1) is 19.1 Å². The third-order valence-electron chi connectivity index (χ3n) is 4.38. The van der Waals surface area contributed by atoms with E-state index in [2.05, 4.69) is 10.6 Å². The van der Waals surface area contributed by atoms with Crippen molar-refractivity contribution >= 4 is 23.3 Å². The maximum atomic E-state index is 12.4. The van der Waals surface area contributed by atoms with Crippen molar-refractivity contribution in [1.29, 1.82) is 0 Å². The number of nitrogens with one attached hydrogen (secondary N) is 2. The predicted octanol–water partition coefficient (Wildman–Crippen LogP) is 3.09. The van der Waals surface area contributed by atoms with E-state index in [-0.39, 0.29) is 30.6 Å². The number of hydrogen-bond acceptors (Lipinski definition) is 6. The summed E-state index contributed by atoms with van der Waals surface area (Å²) in [6, 6.07) is 6.89. The molecule has 7 heteroatoms. The Kier molecular flexibility index (Phi) is 8.79. The number of ketones is 1. The molecule has 1 fully saturated rings. The van der Waals surface area contributed by atoms with Crippen molar-refractivity contribution < 1.29 is 23.9 Å². The molecule has 1 amide bonds. The molecule has 2 rings (SSSR count). The molecule has 29 heavy (non-hydrogen) atoms. The lowest BCUT2D eigenvalue weighted by molar-refractivity contribution is -0.155. The first kappa shape index (κ1) is 23.0. The number of hydrogen-bond donors (Lipinski definition) is 2. The van der Waals surface area contributed by atoms with E-state index >= 15 is 0 Å². The fourth-order valence-electron chi connectivity index (χ4n) is 3.04. The summed E-state index contributed by atoms with van der Waals surface area (Å²) in [4.78, 5) is 36.2. The van der Waals surface area contributed by atoms with E-state index in [0.29, 0.717) is 24.3 Å². The fraction of sp³-hybridized carbons (Fsp3) is 0.591. The lowest BCUT2D eigenvalue weighted by Crippen LogP contribution is -2.38. The van der Waals surface area contributed by atoms with Crippen molar-refractivity contribution in [2.75, 3.05) is 25.0 Å². The summed E-state index contributed by atoms with van der Waals surface area (Å²) in [5.41, 5.74) is 0.546. The molecule has 1 saturated heterocycles. The minimum atomic E-state index is -0.568. The van der Waals surface area contributed by atoms with Gasteiger partial charge in [0.15, 0.2) is 5.78 Å². The Morgan fingerprint density at radius 3 is 2.69 bits per heavy atom. The quantitative estimate of drug-likeness (QED) is 0.485. The average molecular weight is 405 g/mol. The van der Waals surface area contributed by atoms with Crippen LogP contribution < -0.4 is 10.6 Å². The van der Waals surface area contributed by atoms with Crippen LogP contribution in [-0.4, -0.2) is 49.1 Å². The number of morpholine rings is 1. The fourth-order valence-corrected chi connectivity index (χ4v) is 3.04. The zero-order valence-electron chi connectivity index (χ0n) is 17.6. The smallest absolute Gasteiger partial charge is 0.306 e. The van der Waals surface area contributed by atoms with E-state index in [9.17, 15) is 14.4 Å². The van der Waals surface area contributed by atoms with Crippen LogP contribution in [-0.2, 0) is 19.1 Å². The van der Waals surface area contributed by atoms with Gasteiger partial charge in [0, 0.05) is 37.2 Å². The molecule has 0 bridgehead atoms. The Bertz CT molecular complexity index is 705. The molecular weight excluding hydrogens is 372 g/mol. The number of carbonyl (C=O) groups is 3. The van der Waals surface area contributed by atoms with Crippen LogP contribution in [0.15, 0.2) is 24.3 Å². The van der Waals surface area contributed by atoms with Crippen LogP contribution in [0.3, 0.4) is 0 Å². The number of anilines is 1. The number of esters is 1. The lowest BCUT2D eigenvalue weighted by atomic mass is 10.0. The highest BCUT2D eigenvalue weighted by Gasteiger charge is 2.17. The Hall–Kier alpha value is -2.25. The molecule has 7 nitrogen and oxygen atoms in total. The first-order chi connectivity index (χ1) is 13.7. The van der Waals surface area contributed by atoms with Gasteiger partial charge in [0.25, 0.3) is 0 Å². The molecule has 2 N–H and O–H groups in total. The van der Waals surface area contributed by atoms with Gasteiger partial charge in [-0.2, -0.15) is 0 Å². The van der Waals surface area contributed by atoms with Crippen LogP contribution >= 0.6 is 0 Å². The molecule has 1 atom stereocenters. The molecular formula is C22H32N2O5. The standard InChI is InChI=1S/C22H32N2O5/c1-22(2,3)29-21(27)11-10-20(26)24-17-7-4-6-16(14-17)19(25)9-5-8-18-15-23-12-13-28-18/h4,6-7,14,18,23H,5,8-13,15H2,1-3H3,(H,24,26). The molecule has 1 heterocycles. The Labute approximate surface area is 172 Å². The Balaban J connectivity index is 1.76. The molecule has 1 aliphatic rings. The van der Waals surface area contributed by atoms with Gasteiger partial charge in [-0.1, -0.05) is 12.1 Å². The third-order valence-corrected chi connectivity index (χ3v) is 4.38. The third kappa shape index (κ3) is 9.19. The summed E-state index contributed by atoms with van der Waals surface area (Å²) in [5, 5.41) is 6.02. The Morgan fingerprint density at radius 2 is 2.00 bits per heavy atom. The summed E-state index contributed by atoms with van der Waals surface area (Å²) >= 11 is 0. The topological polar surface area (TPSA) is 93.7 Å². The first-order valence-corrected chi connectivity index (χ1v) is 10.2. The summed E-state index contributed by atoms with van der Waals surface area (Å²) in [6.45, 7) is 7.78. The van der Waals surface area contributed by atoms with Crippen molar-refractivity contribution in [3.63, 3.8) is 0 Å². The molecule has 0 aromatic heterocycles. The summed E-state index contributed by atoms with van der Waals surface area (Å²) in [6.07, 6.45) is 2.27. The van der Waals surface area contributed by atoms with Crippen LogP contribution in [0.1, 0.15) is 63.2 Å². The van der Waals surface area contributed by atoms with E-state index in [4.69, 9.17) is 9.47 Å². The van der Waals surface area contributed by atoms with Gasteiger partial charge in [-0.05, 0) is 45.7 Å². The second kappa shape index (κ2) is 11.1. The van der Waals surface area contributed by atoms with Gasteiger partial charge >= 0.3 is 5.97 Å². The summed E-state index contributed by atoms with van der Waals surface area (Å²) in [7, 11) is 0. The van der Waals surface area contributed by atoms with Gasteiger partial charge in [0.2, 0.25) is 5.91 Å². The van der Waals surface area contributed by atoms with Gasteiger partial charge in [-0.25, -0.2) is 0 Å². The highest BCUT2D eigenvalue weighted by Crippen LogP contribution is 2.16. The van der Waals surface area contributed by atoms with E-state index < -0.39 is 11.6 Å². The first-order valence-electron chi connectivity index (χ1n) is 10.2. The maximum absolute atomic E-state index is 12.4. The number of carbonyl (C=O) groups excluding carboxylic acids is 3. The van der Waals surface area contributed by atoms with Crippen LogP contribution in [0.4, 0.5) is 5.69 Å². The number of amides is 1. The molecule has 0 saturated carbocycles. The van der Waals surface area contributed by atoms with Gasteiger partial charge in [-0.3, -0.25) is 14.4 Å². The van der Waals surface area contributed by atoms with Crippen LogP contribution in [0.5, 0.6) is 0 Å². The second-order valence-electron chi connectivity index (χ2n) is 8.23.